The lowest BCUT2D eigenvalue weighted by atomic mass is 10.0. The number of hydrogen-bond acceptors (Lipinski definition) is 2. The predicted molar refractivity (Wildman–Crippen MR) is 61.9 cm³/mol. The summed E-state index contributed by atoms with van der Waals surface area (Å²) >= 11 is 0. The second kappa shape index (κ2) is 6.67. The van der Waals surface area contributed by atoms with Gasteiger partial charge in [-0.05, 0) is 36.8 Å². The first-order chi connectivity index (χ1) is 7.24. The summed E-state index contributed by atoms with van der Waals surface area (Å²) in [5.74, 6) is 1.84. The van der Waals surface area contributed by atoms with Gasteiger partial charge in [-0.25, -0.2) is 0 Å². The van der Waals surface area contributed by atoms with Crippen LogP contribution in [-0.2, 0) is 12.8 Å². The SMILES string of the molecule is CC(C)CCCc1ccoc1CCCO. The van der Waals surface area contributed by atoms with E-state index in [9.17, 15) is 0 Å². The van der Waals surface area contributed by atoms with E-state index in [0.717, 1.165) is 30.9 Å². The molecule has 0 radical (unpaired) electrons. The summed E-state index contributed by atoms with van der Waals surface area (Å²) in [6.07, 6.45) is 7.02. The first-order valence-electron chi connectivity index (χ1n) is 5.90. The zero-order chi connectivity index (χ0) is 11.1. The van der Waals surface area contributed by atoms with Gasteiger partial charge in [0, 0.05) is 13.0 Å². The van der Waals surface area contributed by atoms with Crippen molar-refractivity contribution in [3.05, 3.63) is 23.7 Å². The van der Waals surface area contributed by atoms with Gasteiger partial charge in [0.2, 0.25) is 0 Å². The number of rotatable bonds is 7. The molecule has 0 unspecified atom stereocenters. The molecule has 86 valence electrons. The maximum absolute atomic E-state index is 8.76. The molecule has 0 fully saturated rings. The van der Waals surface area contributed by atoms with Gasteiger partial charge in [-0.2, -0.15) is 0 Å². The van der Waals surface area contributed by atoms with E-state index in [2.05, 4.69) is 19.9 Å². The molecule has 2 nitrogen and oxygen atoms in total. The summed E-state index contributed by atoms with van der Waals surface area (Å²) in [5, 5.41) is 8.76. The van der Waals surface area contributed by atoms with E-state index in [4.69, 9.17) is 9.52 Å². The Morgan fingerprint density at radius 3 is 2.73 bits per heavy atom. The molecule has 0 saturated carbocycles. The van der Waals surface area contributed by atoms with Gasteiger partial charge in [0.25, 0.3) is 0 Å². The van der Waals surface area contributed by atoms with E-state index >= 15 is 0 Å². The molecule has 1 N–H and O–H groups in total. The van der Waals surface area contributed by atoms with Crippen molar-refractivity contribution in [2.75, 3.05) is 6.61 Å². The Hall–Kier alpha value is -0.760. The van der Waals surface area contributed by atoms with Gasteiger partial charge in [-0.3, -0.25) is 0 Å². The molecule has 1 heterocycles. The Kier molecular flexibility index (Phi) is 5.48. The van der Waals surface area contributed by atoms with E-state index in [1.165, 1.54) is 18.4 Å². The molecule has 2 heteroatoms. The van der Waals surface area contributed by atoms with Gasteiger partial charge in [0.1, 0.15) is 5.76 Å². The first kappa shape index (κ1) is 12.3. The lowest BCUT2D eigenvalue weighted by Gasteiger charge is -2.04. The van der Waals surface area contributed by atoms with Crippen LogP contribution in [0.25, 0.3) is 0 Å². The average Bonchev–Trinajstić information content (AvgIpc) is 2.62. The minimum atomic E-state index is 0.242. The Balaban J connectivity index is 2.35. The highest BCUT2D eigenvalue weighted by Crippen LogP contribution is 2.16. The Morgan fingerprint density at radius 1 is 1.27 bits per heavy atom. The molecule has 0 aliphatic rings. The largest absolute Gasteiger partial charge is 0.469 e. The summed E-state index contributed by atoms with van der Waals surface area (Å²) in [7, 11) is 0. The van der Waals surface area contributed by atoms with Crippen LogP contribution in [0.1, 0.15) is 44.4 Å². The maximum Gasteiger partial charge on any atom is 0.107 e. The first-order valence-corrected chi connectivity index (χ1v) is 5.90. The molecule has 0 amide bonds. The highest BCUT2D eigenvalue weighted by Gasteiger charge is 2.06. The summed E-state index contributed by atoms with van der Waals surface area (Å²) < 4.78 is 5.41. The third kappa shape index (κ3) is 4.52. The predicted octanol–water partition coefficient (Wildman–Crippen LogP) is 3.18. The zero-order valence-corrected chi connectivity index (χ0v) is 9.83. The fraction of sp³-hybridized carbons (Fsp3) is 0.692. The fourth-order valence-corrected chi connectivity index (χ4v) is 1.75. The van der Waals surface area contributed by atoms with Crippen LogP contribution >= 0.6 is 0 Å². The van der Waals surface area contributed by atoms with Crippen LogP contribution in [0.4, 0.5) is 0 Å². The molecule has 0 bridgehead atoms. The maximum atomic E-state index is 8.76. The van der Waals surface area contributed by atoms with Crippen molar-refractivity contribution in [1.29, 1.82) is 0 Å². The Morgan fingerprint density at radius 2 is 2.07 bits per heavy atom. The molecule has 0 saturated heterocycles. The molecule has 1 aromatic heterocycles. The lowest BCUT2D eigenvalue weighted by Crippen LogP contribution is -1.95. The molecular weight excluding hydrogens is 188 g/mol. The van der Waals surface area contributed by atoms with Crippen molar-refractivity contribution in [1.82, 2.24) is 0 Å². The standard InChI is InChI=1S/C13H22O2/c1-11(2)5-3-6-12-8-10-15-13(12)7-4-9-14/h8,10-11,14H,3-7,9H2,1-2H3. The van der Waals surface area contributed by atoms with Crippen LogP contribution in [0, 0.1) is 5.92 Å². The van der Waals surface area contributed by atoms with Crippen molar-refractivity contribution in [3.63, 3.8) is 0 Å². The number of aliphatic hydroxyl groups is 1. The number of hydrogen-bond donors (Lipinski definition) is 1. The summed E-state index contributed by atoms with van der Waals surface area (Å²) in [5.41, 5.74) is 1.32. The van der Waals surface area contributed by atoms with Crippen molar-refractivity contribution < 1.29 is 9.52 Å². The highest BCUT2D eigenvalue weighted by molar-refractivity contribution is 5.17. The van der Waals surface area contributed by atoms with Crippen LogP contribution in [0.15, 0.2) is 16.7 Å². The second-order valence-electron chi connectivity index (χ2n) is 4.48. The van der Waals surface area contributed by atoms with E-state index in [1.54, 1.807) is 6.26 Å². The van der Waals surface area contributed by atoms with Gasteiger partial charge < -0.3 is 9.52 Å². The van der Waals surface area contributed by atoms with Gasteiger partial charge in [0.15, 0.2) is 0 Å². The minimum absolute atomic E-state index is 0.242. The molecule has 0 spiro atoms. The van der Waals surface area contributed by atoms with Crippen LogP contribution < -0.4 is 0 Å². The van der Waals surface area contributed by atoms with Gasteiger partial charge in [0.05, 0.1) is 6.26 Å². The normalized spacial score (nSPS) is 11.2. The van der Waals surface area contributed by atoms with Crippen molar-refractivity contribution in [3.8, 4) is 0 Å². The fourth-order valence-electron chi connectivity index (χ4n) is 1.75. The number of furan rings is 1. The summed E-state index contributed by atoms with van der Waals surface area (Å²) in [4.78, 5) is 0. The monoisotopic (exact) mass is 210 g/mol. The van der Waals surface area contributed by atoms with Crippen LogP contribution in [0.5, 0.6) is 0 Å². The van der Waals surface area contributed by atoms with Crippen LogP contribution in [0.2, 0.25) is 0 Å². The van der Waals surface area contributed by atoms with Crippen molar-refractivity contribution in [2.45, 2.75) is 46.0 Å². The van der Waals surface area contributed by atoms with Gasteiger partial charge in [-0.1, -0.05) is 20.3 Å². The van der Waals surface area contributed by atoms with Gasteiger partial charge >= 0.3 is 0 Å². The molecule has 15 heavy (non-hydrogen) atoms. The van der Waals surface area contributed by atoms with Crippen LogP contribution in [0.3, 0.4) is 0 Å². The van der Waals surface area contributed by atoms with Crippen molar-refractivity contribution >= 4 is 0 Å². The quantitative estimate of drug-likeness (QED) is 0.749. The molecule has 1 aromatic rings. The Labute approximate surface area is 92.3 Å². The number of aliphatic hydroxyl groups excluding tert-OH is 1. The second-order valence-corrected chi connectivity index (χ2v) is 4.48. The Bertz CT molecular complexity index is 263. The average molecular weight is 210 g/mol. The topological polar surface area (TPSA) is 33.4 Å². The lowest BCUT2D eigenvalue weighted by molar-refractivity contribution is 0.284. The third-order valence-corrected chi connectivity index (χ3v) is 2.63. The smallest absolute Gasteiger partial charge is 0.107 e. The highest BCUT2D eigenvalue weighted by atomic mass is 16.3. The van der Waals surface area contributed by atoms with E-state index in [1.807, 2.05) is 0 Å². The summed E-state index contributed by atoms with van der Waals surface area (Å²) in [6, 6.07) is 2.06. The van der Waals surface area contributed by atoms with Gasteiger partial charge in [-0.15, -0.1) is 0 Å². The van der Waals surface area contributed by atoms with Crippen LogP contribution in [-0.4, -0.2) is 11.7 Å². The van der Waals surface area contributed by atoms with E-state index in [-0.39, 0.29) is 6.61 Å². The third-order valence-electron chi connectivity index (χ3n) is 2.63. The van der Waals surface area contributed by atoms with Crippen molar-refractivity contribution in [2.24, 2.45) is 5.92 Å². The molecule has 0 atom stereocenters. The van der Waals surface area contributed by atoms with E-state index < -0.39 is 0 Å². The zero-order valence-electron chi connectivity index (χ0n) is 9.83. The number of aryl methyl sites for hydroxylation is 2. The van der Waals surface area contributed by atoms with E-state index in [0.29, 0.717) is 0 Å². The summed E-state index contributed by atoms with van der Waals surface area (Å²) in [6.45, 7) is 4.75. The molecule has 1 rings (SSSR count). The molecule has 0 aromatic carbocycles. The molecule has 0 aliphatic heterocycles. The molecule has 0 aliphatic carbocycles. The minimum Gasteiger partial charge on any atom is -0.469 e. The molecular formula is C13H22O2.